The van der Waals surface area contributed by atoms with Gasteiger partial charge in [-0.1, -0.05) is 11.6 Å². The minimum Gasteiger partial charge on any atom is -0.496 e. The first kappa shape index (κ1) is 24.1. The highest BCUT2D eigenvalue weighted by molar-refractivity contribution is 6.33. The smallest absolute Gasteiger partial charge is 0.255 e. The van der Waals surface area contributed by atoms with Gasteiger partial charge in [-0.15, -0.1) is 24.8 Å². The molecule has 0 saturated carbocycles. The van der Waals surface area contributed by atoms with Gasteiger partial charge < -0.3 is 20.5 Å². The van der Waals surface area contributed by atoms with Crippen LogP contribution in [0.25, 0.3) is 0 Å². The minimum atomic E-state index is -0.206. The topological polar surface area (TPSA) is 76.8 Å². The molecule has 0 bridgehead atoms. The highest BCUT2D eigenvalue weighted by Crippen LogP contribution is 2.28. The maximum atomic E-state index is 12.4. The number of carbonyl (C=O) groups excluding carboxylic acids is 1. The first-order valence-corrected chi connectivity index (χ1v) is 8.08. The lowest BCUT2D eigenvalue weighted by Crippen LogP contribution is -2.41. The number of benzene rings is 1. The highest BCUT2D eigenvalue weighted by Gasteiger charge is 2.25. The highest BCUT2D eigenvalue weighted by atomic mass is 35.5. The Morgan fingerprint density at radius 3 is 2.76 bits per heavy atom. The van der Waals surface area contributed by atoms with E-state index in [0.717, 1.165) is 25.9 Å². The molecule has 1 fully saturated rings. The third kappa shape index (κ3) is 6.38. The lowest BCUT2D eigenvalue weighted by Gasteiger charge is -2.24. The average molecular weight is 415 g/mol. The molecule has 144 valence electrons. The van der Waals surface area contributed by atoms with Crippen molar-refractivity contribution >= 4 is 48.0 Å². The lowest BCUT2D eigenvalue weighted by atomic mass is 10.1. The fourth-order valence-corrected chi connectivity index (χ4v) is 3.01. The summed E-state index contributed by atoms with van der Waals surface area (Å²) in [6.07, 6.45) is 2.21. The molecule has 1 unspecified atom stereocenters. The van der Waals surface area contributed by atoms with Crippen molar-refractivity contribution in [2.24, 2.45) is 0 Å². The Kier molecular flexibility index (Phi) is 11.2. The Balaban J connectivity index is 0.00000288. The van der Waals surface area contributed by atoms with Gasteiger partial charge >= 0.3 is 0 Å². The molecule has 1 atom stereocenters. The number of hydrogen-bond donors (Lipinski definition) is 2. The van der Waals surface area contributed by atoms with Gasteiger partial charge in [0.05, 0.1) is 30.0 Å². The lowest BCUT2D eigenvalue weighted by molar-refractivity contribution is 0.0930. The van der Waals surface area contributed by atoms with Crippen LogP contribution in [0.15, 0.2) is 12.1 Å². The molecule has 9 heteroatoms. The first-order valence-electron chi connectivity index (χ1n) is 7.71. The number of ether oxygens (including phenoxy) is 2. The molecule has 2 rings (SSSR count). The molecule has 0 radical (unpaired) electrons. The number of nitrogen functional groups attached to an aromatic ring is 1. The SMILES string of the molecule is COCCN1CCCC1CNC(=O)c1cc(Cl)c(N)cc1OC.Cl.Cl. The van der Waals surface area contributed by atoms with Crippen LogP contribution < -0.4 is 15.8 Å². The van der Waals surface area contributed by atoms with Crippen LogP contribution in [0.5, 0.6) is 5.75 Å². The number of methoxy groups -OCH3 is 2. The van der Waals surface area contributed by atoms with E-state index in [2.05, 4.69) is 10.2 Å². The fourth-order valence-electron chi connectivity index (χ4n) is 2.85. The van der Waals surface area contributed by atoms with Crippen LogP contribution in [0.2, 0.25) is 5.02 Å². The molecule has 0 aromatic heterocycles. The average Bonchev–Trinajstić information content (AvgIpc) is 3.00. The Labute approximate surface area is 166 Å². The van der Waals surface area contributed by atoms with Crippen molar-refractivity contribution in [2.45, 2.75) is 18.9 Å². The van der Waals surface area contributed by atoms with Crippen LogP contribution in [0, 0.1) is 0 Å². The van der Waals surface area contributed by atoms with Gasteiger partial charge in [0.15, 0.2) is 0 Å². The number of carbonyl (C=O) groups is 1. The van der Waals surface area contributed by atoms with Crippen LogP contribution in [0.4, 0.5) is 5.69 Å². The van der Waals surface area contributed by atoms with Crippen LogP contribution in [0.1, 0.15) is 23.2 Å². The summed E-state index contributed by atoms with van der Waals surface area (Å²) in [7, 11) is 3.20. The predicted molar refractivity (Wildman–Crippen MR) is 106 cm³/mol. The van der Waals surface area contributed by atoms with Crippen LogP contribution in [-0.4, -0.2) is 57.3 Å². The van der Waals surface area contributed by atoms with Gasteiger partial charge in [-0.25, -0.2) is 0 Å². The third-order valence-electron chi connectivity index (χ3n) is 4.14. The largest absolute Gasteiger partial charge is 0.496 e. The van der Waals surface area contributed by atoms with Crippen LogP contribution in [0.3, 0.4) is 0 Å². The number of nitrogens with zero attached hydrogens (tertiary/aromatic N) is 1. The van der Waals surface area contributed by atoms with E-state index in [-0.39, 0.29) is 30.7 Å². The Morgan fingerprint density at radius 2 is 2.12 bits per heavy atom. The molecule has 1 aliphatic rings. The fraction of sp³-hybridized carbons (Fsp3) is 0.562. The van der Waals surface area contributed by atoms with Gasteiger partial charge in [-0.2, -0.15) is 0 Å². The summed E-state index contributed by atoms with van der Waals surface area (Å²) in [5.41, 5.74) is 6.53. The molecule has 1 aromatic rings. The normalized spacial score (nSPS) is 16.7. The molecular weight excluding hydrogens is 389 g/mol. The van der Waals surface area contributed by atoms with Gasteiger partial charge in [-0.3, -0.25) is 9.69 Å². The molecule has 0 aliphatic carbocycles. The van der Waals surface area contributed by atoms with Crippen LogP contribution in [-0.2, 0) is 4.74 Å². The predicted octanol–water partition coefficient (Wildman–Crippen LogP) is 2.62. The zero-order valence-corrected chi connectivity index (χ0v) is 16.8. The summed E-state index contributed by atoms with van der Waals surface area (Å²) in [5.74, 6) is 0.217. The molecule has 3 N–H and O–H groups in total. The standard InChI is InChI=1S/C16H24ClN3O3.2ClH/c1-22-7-6-20-5-3-4-11(20)10-19-16(21)12-8-13(17)14(18)9-15(12)23-2;;/h8-9,11H,3-7,10,18H2,1-2H3,(H,19,21);2*1H. The van der Waals surface area contributed by atoms with E-state index in [4.69, 9.17) is 26.8 Å². The van der Waals surface area contributed by atoms with E-state index in [9.17, 15) is 4.79 Å². The second-order valence-corrected chi connectivity index (χ2v) is 6.02. The molecule has 6 nitrogen and oxygen atoms in total. The zero-order valence-electron chi connectivity index (χ0n) is 14.4. The molecule has 1 saturated heterocycles. The third-order valence-corrected chi connectivity index (χ3v) is 4.47. The van der Waals surface area contributed by atoms with Gasteiger partial charge in [0.1, 0.15) is 5.75 Å². The second-order valence-electron chi connectivity index (χ2n) is 5.61. The quantitative estimate of drug-likeness (QED) is 0.671. The van der Waals surface area contributed by atoms with E-state index in [1.165, 1.54) is 7.11 Å². The van der Waals surface area contributed by atoms with Gasteiger partial charge in [-0.05, 0) is 25.5 Å². The number of anilines is 1. The summed E-state index contributed by atoms with van der Waals surface area (Å²) in [6.45, 7) is 3.22. The second kappa shape index (κ2) is 11.6. The van der Waals surface area contributed by atoms with Crippen molar-refractivity contribution < 1.29 is 14.3 Å². The number of rotatable bonds is 7. The number of hydrogen-bond acceptors (Lipinski definition) is 5. The first-order chi connectivity index (χ1) is 11.1. The van der Waals surface area contributed by atoms with E-state index < -0.39 is 0 Å². The van der Waals surface area contributed by atoms with Crippen molar-refractivity contribution in [1.82, 2.24) is 10.2 Å². The van der Waals surface area contributed by atoms with Gasteiger partial charge in [0.2, 0.25) is 0 Å². The maximum Gasteiger partial charge on any atom is 0.255 e. The summed E-state index contributed by atoms with van der Waals surface area (Å²) in [6, 6.07) is 3.45. The molecular formula is C16H26Cl3N3O3. The summed E-state index contributed by atoms with van der Waals surface area (Å²) < 4.78 is 10.4. The maximum absolute atomic E-state index is 12.4. The molecule has 1 heterocycles. The van der Waals surface area contributed by atoms with Gasteiger partial charge in [0.25, 0.3) is 5.91 Å². The van der Waals surface area contributed by atoms with E-state index in [1.807, 2.05) is 0 Å². The number of amides is 1. The zero-order chi connectivity index (χ0) is 16.8. The van der Waals surface area contributed by atoms with Crippen molar-refractivity contribution in [3.05, 3.63) is 22.7 Å². The summed E-state index contributed by atoms with van der Waals surface area (Å²) in [4.78, 5) is 14.8. The van der Waals surface area contributed by atoms with Crippen molar-refractivity contribution in [2.75, 3.05) is 46.2 Å². The molecule has 25 heavy (non-hydrogen) atoms. The number of likely N-dealkylation sites (tertiary alicyclic amines) is 1. The molecule has 0 spiro atoms. The van der Waals surface area contributed by atoms with Crippen molar-refractivity contribution in [3.8, 4) is 5.75 Å². The molecule has 1 aromatic carbocycles. The van der Waals surface area contributed by atoms with Gasteiger partial charge in [0, 0.05) is 32.3 Å². The van der Waals surface area contributed by atoms with E-state index in [0.29, 0.717) is 41.2 Å². The summed E-state index contributed by atoms with van der Waals surface area (Å²) in [5, 5.41) is 3.31. The minimum absolute atomic E-state index is 0. The van der Waals surface area contributed by atoms with Crippen molar-refractivity contribution in [3.63, 3.8) is 0 Å². The Morgan fingerprint density at radius 1 is 1.40 bits per heavy atom. The number of halogens is 3. The van der Waals surface area contributed by atoms with Crippen molar-refractivity contribution in [1.29, 1.82) is 0 Å². The Bertz CT molecular complexity index is 561. The molecule has 1 aliphatic heterocycles. The summed E-state index contributed by atoms with van der Waals surface area (Å²) >= 11 is 6.01. The van der Waals surface area contributed by atoms with Crippen LogP contribution >= 0.6 is 36.4 Å². The molecule has 1 amide bonds. The number of nitrogens with one attached hydrogen (secondary N) is 1. The monoisotopic (exact) mass is 413 g/mol. The van der Waals surface area contributed by atoms with E-state index in [1.54, 1.807) is 19.2 Å². The number of nitrogens with two attached hydrogens (primary N) is 1. The van der Waals surface area contributed by atoms with E-state index >= 15 is 0 Å². The Hall–Kier alpha value is -0.920.